The predicted molar refractivity (Wildman–Crippen MR) is 143 cm³/mol. The number of nitrogens with zero attached hydrogens (tertiary/aromatic N) is 1. The number of thioether (sulfide) groups is 1. The highest BCUT2D eigenvalue weighted by molar-refractivity contribution is 8.00. The van der Waals surface area contributed by atoms with E-state index in [1.54, 1.807) is 11.8 Å². The van der Waals surface area contributed by atoms with Gasteiger partial charge in [-0.3, -0.25) is 14.5 Å². The van der Waals surface area contributed by atoms with Gasteiger partial charge in [-0.2, -0.15) is 0 Å². The van der Waals surface area contributed by atoms with Gasteiger partial charge in [0.1, 0.15) is 5.37 Å². The number of carbonyl (C=O) groups excluding carboxylic acids is 2. The zero-order chi connectivity index (χ0) is 24.3. The molecule has 0 spiro atoms. The molecule has 1 atom stereocenters. The molecule has 4 nitrogen and oxygen atoms in total. The number of amides is 2. The third kappa shape index (κ3) is 5.20. The van der Waals surface area contributed by atoms with Crippen LogP contribution in [-0.2, 0) is 16.6 Å². The largest absolute Gasteiger partial charge is 0.322 e. The monoisotopic (exact) mass is 472 g/mol. The third-order valence-corrected chi connectivity index (χ3v) is 7.32. The van der Waals surface area contributed by atoms with Crippen molar-refractivity contribution in [1.82, 2.24) is 0 Å². The van der Waals surface area contributed by atoms with Gasteiger partial charge in [0.25, 0.3) is 5.91 Å². The fourth-order valence-electron chi connectivity index (χ4n) is 4.21. The topological polar surface area (TPSA) is 49.4 Å². The summed E-state index contributed by atoms with van der Waals surface area (Å²) in [4.78, 5) is 27.5. The lowest BCUT2D eigenvalue weighted by molar-refractivity contribution is -0.115. The molecule has 0 aliphatic carbocycles. The number of hydrogen-bond acceptors (Lipinski definition) is 3. The van der Waals surface area contributed by atoms with E-state index in [1.165, 1.54) is 11.1 Å². The first-order valence-electron chi connectivity index (χ1n) is 11.8. The maximum atomic E-state index is 12.8. The molecule has 34 heavy (non-hydrogen) atoms. The maximum absolute atomic E-state index is 12.8. The summed E-state index contributed by atoms with van der Waals surface area (Å²) in [6.07, 6.45) is 1.98. The van der Waals surface area contributed by atoms with E-state index in [2.05, 4.69) is 39.1 Å². The smallest absolute Gasteiger partial charge is 0.255 e. The first-order chi connectivity index (χ1) is 16.3. The van der Waals surface area contributed by atoms with Crippen LogP contribution in [0.1, 0.15) is 66.5 Å². The quantitative estimate of drug-likeness (QED) is 0.421. The Bertz CT molecular complexity index is 1160. The van der Waals surface area contributed by atoms with E-state index in [9.17, 15) is 9.59 Å². The van der Waals surface area contributed by atoms with Crippen LogP contribution in [0, 0.1) is 0 Å². The van der Waals surface area contributed by atoms with Crippen LogP contribution in [-0.4, -0.2) is 17.6 Å². The van der Waals surface area contributed by atoms with Crippen molar-refractivity contribution in [1.29, 1.82) is 0 Å². The highest BCUT2D eigenvalue weighted by Crippen LogP contribution is 2.43. The molecule has 3 aromatic rings. The molecule has 1 aliphatic heterocycles. The Balaban J connectivity index is 1.50. The van der Waals surface area contributed by atoms with Crippen molar-refractivity contribution in [3.05, 3.63) is 95.1 Å². The number of aryl methyl sites for hydroxylation is 1. The van der Waals surface area contributed by atoms with E-state index in [0.717, 1.165) is 29.8 Å². The second-order valence-electron chi connectivity index (χ2n) is 9.71. The van der Waals surface area contributed by atoms with Crippen molar-refractivity contribution in [3.63, 3.8) is 0 Å². The molecule has 1 saturated heterocycles. The van der Waals surface area contributed by atoms with E-state index >= 15 is 0 Å². The second kappa shape index (κ2) is 10.1. The molecular weight excluding hydrogens is 440 g/mol. The molecule has 2 amide bonds. The van der Waals surface area contributed by atoms with Crippen LogP contribution >= 0.6 is 11.8 Å². The lowest BCUT2D eigenvalue weighted by Gasteiger charge is -2.26. The molecular formula is C29H32N2O2S. The zero-order valence-corrected chi connectivity index (χ0v) is 21.1. The van der Waals surface area contributed by atoms with Gasteiger partial charge in [-0.05, 0) is 58.9 Å². The van der Waals surface area contributed by atoms with Crippen molar-refractivity contribution in [2.24, 2.45) is 0 Å². The summed E-state index contributed by atoms with van der Waals surface area (Å²) in [6, 6.07) is 23.8. The summed E-state index contributed by atoms with van der Waals surface area (Å²) in [5.41, 5.74) is 5.87. The van der Waals surface area contributed by atoms with Crippen LogP contribution in [0.2, 0.25) is 0 Å². The van der Waals surface area contributed by atoms with Crippen molar-refractivity contribution in [3.8, 4) is 0 Å². The molecule has 1 aliphatic rings. The Hall–Kier alpha value is -3.05. The molecule has 0 bridgehead atoms. The van der Waals surface area contributed by atoms with Crippen LogP contribution in [0.3, 0.4) is 0 Å². The van der Waals surface area contributed by atoms with E-state index in [4.69, 9.17) is 0 Å². The Morgan fingerprint density at radius 2 is 1.68 bits per heavy atom. The second-order valence-corrected chi connectivity index (χ2v) is 10.8. The first-order valence-corrected chi connectivity index (χ1v) is 12.9. The van der Waals surface area contributed by atoms with Gasteiger partial charge in [-0.15, -0.1) is 11.8 Å². The highest BCUT2D eigenvalue weighted by Gasteiger charge is 2.35. The van der Waals surface area contributed by atoms with Crippen LogP contribution in [0.25, 0.3) is 0 Å². The van der Waals surface area contributed by atoms with Crippen LogP contribution in [0.5, 0.6) is 0 Å². The van der Waals surface area contributed by atoms with E-state index < -0.39 is 0 Å². The van der Waals surface area contributed by atoms with E-state index in [0.29, 0.717) is 11.3 Å². The van der Waals surface area contributed by atoms with Gasteiger partial charge >= 0.3 is 0 Å². The molecule has 0 saturated carbocycles. The van der Waals surface area contributed by atoms with Crippen LogP contribution in [0.15, 0.2) is 72.8 Å². The summed E-state index contributed by atoms with van der Waals surface area (Å²) in [7, 11) is 0. The SMILES string of the molecule is CCCc1ccccc1N1C(=O)CS[C@@H]1c1ccc(NC(=O)c2ccc(C(C)(C)C)cc2)cc1. The Morgan fingerprint density at radius 1 is 1.00 bits per heavy atom. The number of benzene rings is 3. The molecule has 4 rings (SSSR count). The Labute approximate surface area is 206 Å². The molecule has 0 unspecified atom stereocenters. The van der Waals surface area contributed by atoms with Crippen molar-refractivity contribution >= 4 is 35.0 Å². The Morgan fingerprint density at radius 3 is 2.32 bits per heavy atom. The number of nitrogens with one attached hydrogen (secondary N) is 1. The van der Waals surface area contributed by atoms with Crippen molar-refractivity contribution in [2.75, 3.05) is 16.0 Å². The zero-order valence-electron chi connectivity index (χ0n) is 20.3. The molecule has 0 radical (unpaired) electrons. The standard InChI is InChI=1S/C29H32N2O2S/c1-5-8-20-9-6-7-10-25(20)31-26(32)19-34-28(31)22-13-17-24(18-14-22)30-27(33)21-11-15-23(16-12-21)29(2,3)4/h6-7,9-18,28H,5,8,19H2,1-4H3,(H,30,33)/t28-/m1/s1. The molecule has 5 heteroatoms. The van der Waals surface area contributed by atoms with E-state index in [1.807, 2.05) is 71.6 Å². The summed E-state index contributed by atoms with van der Waals surface area (Å²) in [5, 5.41) is 2.92. The number of para-hydroxylation sites is 1. The molecule has 1 fully saturated rings. The van der Waals surface area contributed by atoms with E-state index in [-0.39, 0.29) is 22.6 Å². The van der Waals surface area contributed by atoms with Gasteiger partial charge in [-0.25, -0.2) is 0 Å². The number of hydrogen-bond donors (Lipinski definition) is 1. The first kappa shape index (κ1) is 24.1. The molecule has 0 aromatic heterocycles. The number of anilines is 2. The molecule has 176 valence electrons. The lowest BCUT2D eigenvalue weighted by Crippen LogP contribution is -2.28. The maximum Gasteiger partial charge on any atom is 0.255 e. The fraction of sp³-hybridized carbons (Fsp3) is 0.310. The van der Waals surface area contributed by atoms with Gasteiger partial charge in [0, 0.05) is 16.9 Å². The van der Waals surface area contributed by atoms with Crippen LogP contribution < -0.4 is 10.2 Å². The number of rotatable bonds is 6. The molecule has 1 heterocycles. The predicted octanol–water partition coefficient (Wildman–Crippen LogP) is 6.97. The number of carbonyl (C=O) groups is 2. The average molecular weight is 473 g/mol. The average Bonchev–Trinajstić information content (AvgIpc) is 3.21. The van der Waals surface area contributed by atoms with Gasteiger partial charge in [0.05, 0.1) is 5.75 Å². The summed E-state index contributed by atoms with van der Waals surface area (Å²) >= 11 is 1.64. The lowest BCUT2D eigenvalue weighted by atomic mass is 9.87. The van der Waals surface area contributed by atoms with Gasteiger partial charge in [0.2, 0.25) is 5.91 Å². The normalized spacial score (nSPS) is 16.1. The molecule has 3 aromatic carbocycles. The minimum atomic E-state index is -0.131. The third-order valence-electron chi connectivity index (χ3n) is 6.11. The summed E-state index contributed by atoms with van der Waals surface area (Å²) < 4.78 is 0. The van der Waals surface area contributed by atoms with Crippen molar-refractivity contribution in [2.45, 2.75) is 51.3 Å². The minimum Gasteiger partial charge on any atom is -0.322 e. The van der Waals surface area contributed by atoms with Gasteiger partial charge < -0.3 is 5.32 Å². The summed E-state index contributed by atoms with van der Waals surface area (Å²) in [5.74, 6) is 0.470. The highest BCUT2D eigenvalue weighted by atomic mass is 32.2. The summed E-state index contributed by atoms with van der Waals surface area (Å²) in [6.45, 7) is 8.62. The molecule has 1 N–H and O–H groups in total. The van der Waals surface area contributed by atoms with Gasteiger partial charge in [-0.1, -0.05) is 76.6 Å². The minimum absolute atomic E-state index is 0.0510. The van der Waals surface area contributed by atoms with Crippen molar-refractivity contribution < 1.29 is 9.59 Å². The van der Waals surface area contributed by atoms with Crippen LogP contribution in [0.4, 0.5) is 11.4 Å². The Kier molecular flexibility index (Phi) is 7.13. The fourth-order valence-corrected chi connectivity index (χ4v) is 5.38. The van der Waals surface area contributed by atoms with Gasteiger partial charge in [0.15, 0.2) is 0 Å².